The van der Waals surface area contributed by atoms with Gasteiger partial charge in [0.15, 0.2) is 0 Å². The van der Waals surface area contributed by atoms with Crippen LogP contribution in [0.4, 0.5) is 0 Å². The first kappa shape index (κ1) is 15.4. The van der Waals surface area contributed by atoms with Crippen LogP contribution in [-0.4, -0.2) is 51.5 Å². The van der Waals surface area contributed by atoms with Crippen molar-refractivity contribution in [1.29, 1.82) is 0 Å². The van der Waals surface area contributed by atoms with Crippen molar-refractivity contribution in [3.05, 3.63) is 58.5 Å². The third-order valence-electron chi connectivity index (χ3n) is 4.44. The number of hydrogen-bond acceptors (Lipinski definition) is 4. The topological polar surface area (TPSA) is 40.9 Å². The molecule has 0 N–H and O–H groups in total. The number of carbonyl (C=O) groups excluding carboxylic acids is 1. The number of hydrogen-bond donors (Lipinski definition) is 0. The van der Waals surface area contributed by atoms with Crippen molar-refractivity contribution in [2.75, 3.05) is 26.2 Å². The van der Waals surface area contributed by atoms with Gasteiger partial charge >= 0.3 is 0 Å². The largest absolute Gasteiger partial charge is 0.340 e. The van der Waals surface area contributed by atoms with Crippen molar-refractivity contribution in [1.82, 2.24) is 19.4 Å². The molecular formula is C18H20N4OS. The SMILES string of the molecule is O=C(Cc1cccs1)N1CCN(Cc2cc3ccccn3n2)CC1. The minimum atomic E-state index is 0.241. The molecule has 0 spiro atoms. The van der Waals surface area contributed by atoms with Gasteiger partial charge in [0.1, 0.15) is 0 Å². The smallest absolute Gasteiger partial charge is 0.227 e. The number of thiophene rings is 1. The van der Waals surface area contributed by atoms with Crippen molar-refractivity contribution in [3.8, 4) is 0 Å². The fourth-order valence-corrected chi connectivity index (χ4v) is 3.82. The summed E-state index contributed by atoms with van der Waals surface area (Å²) >= 11 is 1.65. The third-order valence-corrected chi connectivity index (χ3v) is 5.31. The van der Waals surface area contributed by atoms with Gasteiger partial charge in [-0.1, -0.05) is 12.1 Å². The highest BCUT2D eigenvalue weighted by atomic mass is 32.1. The summed E-state index contributed by atoms with van der Waals surface area (Å²) in [6, 6.07) is 12.2. The molecule has 1 fully saturated rings. The molecule has 0 atom stereocenters. The van der Waals surface area contributed by atoms with Crippen LogP contribution in [0.5, 0.6) is 0 Å². The molecule has 1 aliphatic heterocycles. The van der Waals surface area contributed by atoms with Gasteiger partial charge in [-0.05, 0) is 29.6 Å². The van der Waals surface area contributed by atoms with E-state index in [1.807, 2.05) is 45.3 Å². The van der Waals surface area contributed by atoms with E-state index in [9.17, 15) is 4.79 Å². The Morgan fingerprint density at radius 1 is 1.12 bits per heavy atom. The molecule has 24 heavy (non-hydrogen) atoms. The molecule has 4 rings (SSSR count). The molecular weight excluding hydrogens is 320 g/mol. The minimum Gasteiger partial charge on any atom is -0.340 e. The molecule has 0 aliphatic carbocycles. The summed E-state index contributed by atoms with van der Waals surface area (Å²) in [6.07, 6.45) is 2.50. The maximum atomic E-state index is 12.3. The molecule has 4 heterocycles. The van der Waals surface area contributed by atoms with Gasteiger partial charge in [0, 0.05) is 43.8 Å². The van der Waals surface area contributed by atoms with Gasteiger partial charge in [-0.3, -0.25) is 9.69 Å². The standard InChI is InChI=1S/C18H20N4OS/c23-18(13-17-5-3-11-24-17)21-9-7-20(8-10-21)14-15-12-16-4-1-2-6-22(16)19-15/h1-6,11-12H,7-10,13-14H2. The van der Waals surface area contributed by atoms with E-state index in [0.29, 0.717) is 6.42 Å². The van der Waals surface area contributed by atoms with Crippen LogP contribution >= 0.6 is 11.3 Å². The normalized spacial score (nSPS) is 15.9. The van der Waals surface area contributed by atoms with E-state index in [2.05, 4.69) is 22.1 Å². The van der Waals surface area contributed by atoms with Crippen LogP contribution in [-0.2, 0) is 17.8 Å². The van der Waals surface area contributed by atoms with Crippen LogP contribution in [0.1, 0.15) is 10.6 Å². The number of piperazine rings is 1. The Hall–Kier alpha value is -2.18. The predicted molar refractivity (Wildman–Crippen MR) is 95.1 cm³/mol. The van der Waals surface area contributed by atoms with E-state index in [0.717, 1.165) is 48.8 Å². The zero-order valence-electron chi connectivity index (χ0n) is 13.5. The van der Waals surface area contributed by atoms with Crippen LogP contribution in [0.25, 0.3) is 5.52 Å². The average molecular weight is 340 g/mol. The van der Waals surface area contributed by atoms with Crippen LogP contribution in [0.15, 0.2) is 48.0 Å². The van der Waals surface area contributed by atoms with Crippen LogP contribution in [0.2, 0.25) is 0 Å². The molecule has 1 saturated heterocycles. The van der Waals surface area contributed by atoms with Crippen LogP contribution in [0, 0.1) is 0 Å². The molecule has 0 unspecified atom stereocenters. The van der Waals surface area contributed by atoms with Crippen molar-refractivity contribution < 1.29 is 4.79 Å². The summed E-state index contributed by atoms with van der Waals surface area (Å²) in [6.45, 7) is 4.26. The summed E-state index contributed by atoms with van der Waals surface area (Å²) in [5.74, 6) is 0.241. The second kappa shape index (κ2) is 6.75. The molecule has 0 saturated carbocycles. The third kappa shape index (κ3) is 3.34. The predicted octanol–water partition coefficient (Wildman–Crippen LogP) is 2.28. The Morgan fingerprint density at radius 2 is 2.00 bits per heavy atom. The van der Waals surface area contributed by atoms with Crippen LogP contribution < -0.4 is 0 Å². The Morgan fingerprint density at radius 3 is 2.75 bits per heavy atom. The number of pyridine rings is 1. The molecule has 5 nitrogen and oxygen atoms in total. The zero-order chi connectivity index (χ0) is 16.4. The second-order valence-corrected chi connectivity index (χ2v) is 7.15. The Kier molecular flexibility index (Phi) is 4.32. The molecule has 0 aromatic carbocycles. The summed E-state index contributed by atoms with van der Waals surface area (Å²) in [4.78, 5) is 17.8. The average Bonchev–Trinajstić information content (AvgIpc) is 3.24. The Labute approximate surface area is 145 Å². The second-order valence-electron chi connectivity index (χ2n) is 6.12. The van der Waals surface area contributed by atoms with Gasteiger partial charge in [-0.25, -0.2) is 4.52 Å². The zero-order valence-corrected chi connectivity index (χ0v) is 14.3. The number of nitrogens with zero attached hydrogens (tertiary/aromatic N) is 4. The maximum Gasteiger partial charge on any atom is 0.227 e. The first-order valence-electron chi connectivity index (χ1n) is 8.24. The fourth-order valence-electron chi connectivity index (χ4n) is 3.13. The number of aromatic nitrogens is 2. The molecule has 0 bridgehead atoms. The van der Waals surface area contributed by atoms with E-state index in [4.69, 9.17) is 0 Å². The molecule has 3 aromatic rings. The van der Waals surface area contributed by atoms with Gasteiger partial charge in [-0.2, -0.15) is 5.10 Å². The molecule has 1 amide bonds. The lowest BCUT2D eigenvalue weighted by Crippen LogP contribution is -2.48. The van der Waals surface area contributed by atoms with Crippen molar-refractivity contribution >= 4 is 22.8 Å². The van der Waals surface area contributed by atoms with E-state index in [1.54, 1.807) is 11.3 Å². The highest BCUT2D eigenvalue weighted by Crippen LogP contribution is 2.14. The molecule has 124 valence electrons. The van der Waals surface area contributed by atoms with Crippen molar-refractivity contribution in [2.45, 2.75) is 13.0 Å². The lowest BCUT2D eigenvalue weighted by molar-refractivity contribution is -0.132. The van der Waals surface area contributed by atoms with Gasteiger partial charge in [0.05, 0.1) is 17.6 Å². The number of carbonyl (C=O) groups is 1. The van der Waals surface area contributed by atoms with E-state index in [1.165, 1.54) is 0 Å². The summed E-state index contributed by atoms with van der Waals surface area (Å²) < 4.78 is 1.91. The first-order valence-corrected chi connectivity index (χ1v) is 9.12. The molecule has 0 radical (unpaired) electrons. The molecule has 1 aliphatic rings. The van der Waals surface area contributed by atoms with E-state index >= 15 is 0 Å². The summed E-state index contributed by atoms with van der Waals surface area (Å²) in [7, 11) is 0. The lowest BCUT2D eigenvalue weighted by Gasteiger charge is -2.34. The molecule has 3 aromatic heterocycles. The Balaban J connectivity index is 1.31. The Bertz CT molecular complexity index is 786. The highest BCUT2D eigenvalue weighted by Gasteiger charge is 2.22. The highest BCUT2D eigenvalue weighted by molar-refractivity contribution is 7.10. The summed E-state index contributed by atoms with van der Waals surface area (Å²) in [5.41, 5.74) is 2.21. The monoisotopic (exact) mass is 340 g/mol. The first-order chi connectivity index (χ1) is 11.8. The number of rotatable bonds is 4. The van der Waals surface area contributed by atoms with E-state index < -0.39 is 0 Å². The minimum absolute atomic E-state index is 0.241. The number of amides is 1. The lowest BCUT2D eigenvalue weighted by atomic mass is 10.2. The summed E-state index contributed by atoms with van der Waals surface area (Å²) in [5, 5.41) is 6.63. The maximum absolute atomic E-state index is 12.3. The van der Waals surface area contributed by atoms with Crippen molar-refractivity contribution in [2.24, 2.45) is 0 Å². The van der Waals surface area contributed by atoms with E-state index in [-0.39, 0.29) is 5.91 Å². The van der Waals surface area contributed by atoms with Crippen LogP contribution in [0.3, 0.4) is 0 Å². The van der Waals surface area contributed by atoms with Gasteiger partial charge in [0.2, 0.25) is 5.91 Å². The van der Waals surface area contributed by atoms with Gasteiger partial charge < -0.3 is 4.90 Å². The molecule has 6 heteroatoms. The fraction of sp³-hybridized carbons (Fsp3) is 0.333. The van der Waals surface area contributed by atoms with Gasteiger partial charge in [0.25, 0.3) is 0 Å². The van der Waals surface area contributed by atoms with Crippen molar-refractivity contribution in [3.63, 3.8) is 0 Å². The van der Waals surface area contributed by atoms with Gasteiger partial charge in [-0.15, -0.1) is 11.3 Å². The number of fused-ring (bicyclic) bond motifs is 1. The quantitative estimate of drug-likeness (QED) is 0.732.